The summed E-state index contributed by atoms with van der Waals surface area (Å²) in [6, 6.07) is 11.2. The molecular formula is C20H18N6O3. The molecule has 3 aromatic heterocycles. The van der Waals surface area contributed by atoms with Crippen molar-refractivity contribution < 1.29 is 4.79 Å². The van der Waals surface area contributed by atoms with Gasteiger partial charge in [-0.1, -0.05) is 12.1 Å². The van der Waals surface area contributed by atoms with Crippen LogP contribution >= 0.6 is 0 Å². The predicted octanol–water partition coefficient (Wildman–Crippen LogP) is 1.13. The number of carbonyl (C=O) groups is 1. The number of imidazole rings is 1. The van der Waals surface area contributed by atoms with E-state index < -0.39 is 11.2 Å². The van der Waals surface area contributed by atoms with Crippen molar-refractivity contribution in [3.05, 3.63) is 76.0 Å². The summed E-state index contributed by atoms with van der Waals surface area (Å²) >= 11 is 0. The van der Waals surface area contributed by atoms with Gasteiger partial charge in [-0.2, -0.15) is 0 Å². The molecule has 29 heavy (non-hydrogen) atoms. The summed E-state index contributed by atoms with van der Waals surface area (Å²) in [5.74, 6) is -0.308. The third-order valence-corrected chi connectivity index (χ3v) is 4.71. The van der Waals surface area contributed by atoms with Crippen molar-refractivity contribution in [3.63, 3.8) is 0 Å². The Kier molecular flexibility index (Phi) is 4.55. The molecule has 0 spiro atoms. The minimum atomic E-state index is -0.491. The van der Waals surface area contributed by atoms with E-state index in [1.54, 1.807) is 12.4 Å². The smallest absolute Gasteiger partial charge is 0.325 e. The molecule has 0 radical (unpaired) electrons. The highest BCUT2D eigenvalue weighted by Crippen LogP contribution is 2.20. The quantitative estimate of drug-likeness (QED) is 0.563. The number of nitrogens with zero attached hydrogens (tertiary/aromatic N) is 5. The maximum atomic E-state index is 12.5. The van der Waals surface area contributed by atoms with Gasteiger partial charge in [0.1, 0.15) is 6.54 Å². The predicted molar refractivity (Wildman–Crippen MR) is 109 cm³/mol. The number of anilines is 1. The number of aryl methyl sites for hydroxylation is 1. The first-order chi connectivity index (χ1) is 14.0. The van der Waals surface area contributed by atoms with Gasteiger partial charge in [-0.25, -0.2) is 9.78 Å². The number of rotatable bonds is 4. The number of pyridine rings is 1. The summed E-state index contributed by atoms with van der Waals surface area (Å²) < 4.78 is 3.72. The van der Waals surface area contributed by atoms with E-state index in [4.69, 9.17) is 0 Å². The Morgan fingerprint density at radius 2 is 1.62 bits per heavy atom. The van der Waals surface area contributed by atoms with Gasteiger partial charge in [-0.05, 0) is 35.4 Å². The second-order valence-electron chi connectivity index (χ2n) is 6.61. The largest absolute Gasteiger partial charge is 0.332 e. The second kappa shape index (κ2) is 7.19. The number of nitrogens with one attached hydrogen (secondary N) is 1. The molecule has 0 bridgehead atoms. The molecule has 0 aliphatic heterocycles. The molecule has 146 valence electrons. The maximum Gasteiger partial charge on any atom is 0.332 e. The van der Waals surface area contributed by atoms with Gasteiger partial charge in [0.2, 0.25) is 5.91 Å². The molecule has 9 heteroatoms. The highest BCUT2D eigenvalue weighted by molar-refractivity contribution is 5.91. The van der Waals surface area contributed by atoms with Crippen molar-refractivity contribution >= 4 is 22.8 Å². The molecule has 0 aliphatic carbocycles. The lowest BCUT2D eigenvalue weighted by molar-refractivity contribution is -0.116. The summed E-state index contributed by atoms with van der Waals surface area (Å²) in [6.07, 6.45) is 4.83. The van der Waals surface area contributed by atoms with Gasteiger partial charge >= 0.3 is 5.69 Å². The van der Waals surface area contributed by atoms with Crippen molar-refractivity contribution in [2.45, 2.75) is 6.54 Å². The molecule has 0 atom stereocenters. The van der Waals surface area contributed by atoms with Crippen molar-refractivity contribution in [1.29, 1.82) is 0 Å². The highest BCUT2D eigenvalue weighted by Gasteiger charge is 2.16. The highest BCUT2D eigenvalue weighted by atomic mass is 16.2. The lowest BCUT2D eigenvalue weighted by Gasteiger charge is -2.09. The van der Waals surface area contributed by atoms with Crippen LogP contribution in [0.2, 0.25) is 0 Å². The molecule has 0 aliphatic rings. The van der Waals surface area contributed by atoms with E-state index in [2.05, 4.69) is 15.3 Å². The fourth-order valence-corrected chi connectivity index (χ4v) is 3.16. The monoisotopic (exact) mass is 390 g/mol. The van der Waals surface area contributed by atoms with E-state index in [0.29, 0.717) is 5.69 Å². The lowest BCUT2D eigenvalue weighted by Crippen LogP contribution is -2.37. The van der Waals surface area contributed by atoms with Crippen LogP contribution in [0.1, 0.15) is 0 Å². The van der Waals surface area contributed by atoms with Crippen molar-refractivity contribution in [1.82, 2.24) is 23.7 Å². The number of hydrogen-bond acceptors (Lipinski definition) is 5. The summed E-state index contributed by atoms with van der Waals surface area (Å²) in [4.78, 5) is 45.0. The van der Waals surface area contributed by atoms with Gasteiger partial charge in [0, 0.05) is 32.2 Å². The van der Waals surface area contributed by atoms with Crippen LogP contribution in [0.15, 0.2) is 64.7 Å². The zero-order chi connectivity index (χ0) is 20.5. The molecular weight excluding hydrogens is 372 g/mol. The number of amides is 1. The molecule has 3 heterocycles. The van der Waals surface area contributed by atoms with E-state index in [0.717, 1.165) is 15.7 Å². The van der Waals surface area contributed by atoms with Crippen molar-refractivity contribution in [2.24, 2.45) is 14.1 Å². The zero-order valence-electron chi connectivity index (χ0n) is 15.9. The SMILES string of the molecule is Cn1c(=O)c2c(ncn2CC(=O)Nc2ccc(-c3ccncc3)cc2)n(C)c1=O. The topological polar surface area (TPSA) is 104 Å². The van der Waals surface area contributed by atoms with E-state index in [-0.39, 0.29) is 23.6 Å². The van der Waals surface area contributed by atoms with Crippen LogP contribution in [-0.4, -0.2) is 29.6 Å². The number of fused-ring (bicyclic) bond motifs is 1. The van der Waals surface area contributed by atoms with E-state index in [1.165, 1.54) is 29.6 Å². The average Bonchev–Trinajstić information content (AvgIpc) is 3.15. The van der Waals surface area contributed by atoms with Crippen LogP contribution in [0.5, 0.6) is 0 Å². The molecule has 1 amide bonds. The van der Waals surface area contributed by atoms with E-state index in [9.17, 15) is 14.4 Å². The molecule has 0 saturated heterocycles. The Bertz CT molecular complexity index is 1320. The normalized spacial score (nSPS) is 11.0. The Labute approximate surface area is 164 Å². The first kappa shape index (κ1) is 18.4. The molecule has 0 unspecified atom stereocenters. The Morgan fingerprint density at radius 1 is 0.966 bits per heavy atom. The third kappa shape index (κ3) is 3.33. The van der Waals surface area contributed by atoms with Gasteiger partial charge in [0.25, 0.3) is 5.56 Å². The molecule has 4 rings (SSSR count). The minimum absolute atomic E-state index is 0.101. The number of carbonyl (C=O) groups excluding carboxylic acids is 1. The van der Waals surface area contributed by atoms with Gasteiger partial charge in [0.05, 0.1) is 6.33 Å². The van der Waals surface area contributed by atoms with Crippen LogP contribution in [-0.2, 0) is 25.4 Å². The summed E-state index contributed by atoms with van der Waals surface area (Å²) in [5.41, 5.74) is 2.17. The van der Waals surface area contributed by atoms with Gasteiger partial charge in [-0.3, -0.25) is 23.7 Å². The summed E-state index contributed by atoms with van der Waals surface area (Å²) in [7, 11) is 2.93. The third-order valence-electron chi connectivity index (χ3n) is 4.71. The van der Waals surface area contributed by atoms with Crippen LogP contribution in [0.3, 0.4) is 0 Å². The molecule has 1 aromatic carbocycles. The Morgan fingerprint density at radius 3 is 2.31 bits per heavy atom. The van der Waals surface area contributed by atoms with Crippen molar-refractivity contribution in [3.8, 4) is 11.1 Å². The number of aromatic nitrogens is 5. The van der Waals surface area contributed by atoms with E-state index in [1.807, 2.05) is 36.4 Å². The first-order valence-electron chi connectivity index (χ1n) is 8.87. The molecule has 4 aromatic rings. The lowest BCUT2D eigenvalue weighted by atomic mass is 10.1. The van der Waals surface area contributed by atoms with Crippen LogP contribution in [0.4, 0.5) is 5.69 Å². The van der Waals surface area contributed by atoms with Crippen LogP contribution in [0.25, 0.3) is 22.3 Å². The number of hydrogen-bond donors (Lipinski definition) is 1. The number of benzene rings is 1. The fourth-order valence-electron chi connectivity index (χ4n) is 3.16. The molecule has 9 nitrogen and oxygen atoms in total. The molecule has 0 saturated carbocycles. The van der Waals surface area contributed by atoms with E-state index >= 15 is 0 Å². The average molecular weight is 390 g/mol. The van der Waals surface area contributed by atoms with Gasteiger partial charge in [-0.15, -0.1) is 0 Å². The Balaban J connectivity index is 1.55. The first-order valence-corrected chi connectivity index (χ1v) is 8.87. The van der Waals surface area contributed by atoms with Gasteiger partial charge < -0.3 is 9.88 Å². The molecule has 0 fully saturated rings. The standard InChI is InChI=1S/C20H18N6O3/c1-24-18-17(19(28)25(2)20(24)29)26(12-22-18)11-16(27)23-15-5-3-13(4-6-15)14-7-9-21-10-8-14/h3-10,12H,11H2,1-2H3,(H,23,27). The summed E-state index contributed by atoms with van der Waals surface area (Å²) in [5, 5.41) is 2.81. The maximum absolute atomic E-state index is 12.5. The van der Waals surface area contributed by atoms with Gasteiger partial charge in [0.15, 0.2) is 11.2 Å². The zero-order valence-corrected chi connectivity index (χ0v) is 15.9. The summed E-state index contributed by atoms with van der Waals surface area (Å²) in [6.45, 7) is -0.101. The van der Waals surface area contributed by atoms with Crippen LogP contribution in [0, 0.1) is 0 Å². The second-order valence-corrected chi connectivity index (χ2v) is 6.61. The fraction of sp³-hybridized carbons (Fsp3) is 0.150. The van der Waals surface area contributed by atoms with Crippen LogP contribution < -0.4 is 16.6 Å². The Hall–Kier alpha value is -4.01. The van der Waals surface area contributed by atoms with Crippen molar-refractivity contribution in [2.75, 3.05) is 5.32 Å². The molecule has 1 N–H and O–H groups in total. The minimum Gasteiger partial charge on any atom is -0.325 e.